The van der Waals surface area contributed by atoms with Gasteiger partial charge in [-0.1, -0.05) is 12.8 Å². The van der Waals surface area contributed by atoms with Crippen molar-refractivity contribution in [2.45, 2.75) is 38.7 Å². The molecule has 0 amide bonds. The molecule has 66 valence electrons. The number of carbonyl (C=O) groups is 1. The number of carbonyl (C=O) groups excluding carboxylic acids is 1. The van der Waals surface area contributed by atoms with Gasteiger partial charge in [-0.2, -0.15) is 5.26 Å². The van der Waals surface area contributed by atoms with E-state index in [9.17, 15) is 4.79 Å². The first-order valence-corrected chi connectivity index (χ1v) is 4.34. The highest BCUT2D eigenvalue weighted by Crippen LogP contribution is 2.25. The molecule has 3 heteroatoms. The number of esters is 1. The van der Waals surface area contributed by atoms with E-state index in [1.165, 1.54) is 0 Å². The molecule has 1 unspecified atom stereocenters. The predicted octanol–water partition coefficient (Wildman–Crippen LogP) is 1.63. The van der Waals surface area contributed by atoms with Gasteiger partial charge in [0.15, 0.2) is 6.10 Å². The van der Waals surface area contributed by atoms with Gasteiger partial charge in [0.2, 0.25) is 0 Å². The monoisotopic (exact) mass is 167 g/mol. The lowest BCUT2D eigenvalue weighted by molar-refractivity contribution is -0.150. The molecule has 0 aromatic heterocycles. The molecule has 0 heterocycles. The summed E-state index contributed by atoms with van der Waals surface area (Å²) in [5, 5.41) is 8.40. The summed E-state index contributed by atoms with van der Waals surface area (Å²) in [6.07, 6.45) is 3.48. The SMILES string of the molecule is CC(C#N)OC(=O)C1CCCC1. The standard InChI is InChI=1S/C9H13NO2/c1-7(6-10)12-9(11)8-4-2-3-5-8/h7-8H,2-5H2,1H3. The van der Waals surface area contributed by atoms with Crippen molar-refractivity contribution in [2.24, 2.45) is 5.92 Å². The third kappa shape index (κ3) is 2.23. The van der Waals surface area contributed by atoms with Crippen LogP contribution in [0.1, 0.15) is 32.6 Å². The number of hydrogen-bond acceptors (Lipinski definition) is 3. The molecule has 12 heavy (non-hydrogen) atoms. The smallest absolute Gasteiger partial charge is 0.310 e. The normalized spacial score (nSPS) is 20.0. The fourth-order valence-electron chi connectivity index (χ4n) is 1.46. The molecule has 0 aromatic rings. The Kier molecular flexibility index (Phi) is 3.09. The average molecular weight is 167 g/mol. The van der Waals surface area contributed by atoms with E-state index in [0.717, 1.165) is 25.7 Å². The molecule has 0 aromatic carbocycles. The van der Waals surface area contributed by atoms with E-state index in [0.29, 0.717) is 0 Å². The van der Waals surface area contributed by atoms with Gasteiger partial charge < -0.3 is 4.74 Å². The Morgan fingerprint density at radius 3 is 2.67 bits per heavy atom. The van der Waals surface area contributed by atoms with Crippen LogP contribution < -0.4 is 0 Å². The molecule has 1 atom stereocenters. The third-order valence-corrected chi connectivity index (χ3v) is 2.16. The summed E-state index contributed by atoms with van der Waals surface area (Å²) in [7, 11) is 0. The highest BCUT2D eigenvalue weighted by Gasteiger charge is 2.25. The van der Waals surface area contributed by atoms with Crippen molar-refractivity contribution in [1.82, 2.24) is 0 Å². The van der Waals surface area contributed by atoms with Crippen LogP contribution in [0.3, 0.4) is 0 Å². The quantitative estimate of drug-likeness (QED) is 0.587. The highest BCUT2D eigenvalue weighted by atomic mass is 16.5. The Labute approximate surface area is 72.3 Å². The van der Waals surface area contributed by atoms with Gasteiger partial charge in [0.25, 0.3) is 0 Å². The van der Waals surface area contributed by atoms with Crippen LogP contribution in [0.15, 0.2) is 0 Å². The first-order chi connectivity index (χ1) is 5.74. The van der Waals surface area contributed by atoms with Crippen LogP contribution in [-0.2, 0) is 9.53 Å². The predicted molar refractivity (Wildman–Crippen MR) is 43.1 cm³/mol. The minimum atomic E-state index is -0.599. The van der Waals surface area contributed by atoms with Crippen molar-refractivity contribution >= 4 is 5.97 Å². The summed E-state index contributed by atoms with van der Waals surface area (Å²) in [5.74, 6) is -0.137. The maximum absolute atomic E-state index is 11.2. The van der Waals surface area contributed by atoms with E-state index >= 15 is 0 Å². The number of nitrogens with zero attached hydrogens (tertiary/aromatic N) is 1. The Bertz CT molecular complexity index is 201. The Morgan fingerprint density at radius 2 is 2.17 bits per heavy atom. The van der Waals surface area contributed by atoms with Crippen LogP contribution in [0.4, 0.5) is 0 Å². The highest BCUT2D eigenvalue weighted by molar-refractivity contribution is 5.73. The lowest BCUT2D eigenvalue weighted by Crippen LogP contribution is -2.19. The summed E-state index contributed by atoms with van der Waals surface area (Å²) in [6.45, 7) is 1.59. The van der Waals surface area contributed by atoms with Gasteiger partial charge in [0.05, 0.1) is 5.92 Å². The van der Waals surface area contributed by atoms with E-state index in [1.54, 1.807) is 6.92 Å². The van der Waals surface area contributed by atoms with Gasteiger partial charge >= 0.3 is 5.97 Å². The lowest BCUT2D eigenvalue weighted by atomic mass is 10.1. The Hall–Kier alpha value is -1.04. The number of hydrogen-bond donors (Lipinski definition) is 0. The maximum Gasteiger partial charge on any atom is 0.310 e. The molecule has 0 spiro atoms. The van der Waals surface area contributed by atoms with Gasteiger partial charge in [0.1, 0.15) is 6.07 Å². The molecule has 1 saturated carbocycles. The molecule has 0 aliphatic heterocycles. The van der Waals surface area contributed by atoms with Crippen LogP contribution in [0.2, 0.25) is 0 Å². The van der Waals surface area contributed by atoms with Crippen molar-refractivity contribution in [1.29, 1.82) is 5.26 Å². The van der Waals surface area contributed by atoms with E-state index in [2.05, 4.69) is 0 Å². The maximum atomic E-state index is 11.2. The molecule has 1 fully saturated rings. The molecule has 3 nitrogen and oxygen atoms in total. The average Bonchev–Trinajstić information content (AvgIpc) is 2.56. The molecule has 0 saturated heterocycles. The van der Waals surface area contributed by atoms with Crippen LogP contribution in [0, 0.1) is 17.2 Å². The van der Waals surface area contributed by atoms with Crippen molar-refractivity contribution in [2.75, 3.05) is 0 Å². The number of nitriles is 1. The van der Waals surface area contributed by atoms with Crippen molar-refractivity contribution in [3.8, 4) is 6.07 Å². The Morgan fingerprint density at radius 1 is 1.58 bits per heavy atom. The second-order valence-corrected chi connectivity index (χ2v) is 3.19. The molecule has 0 bridgehead atoms. The van der Waals surface area contributed by atoms with E-state index in [-0.39, 0.29) is 11.9 Å². The van der Waals surface area contributed by atoms with Gasteiger partial charge in [-0.15, -0.1) is 0 Å². The second kappa shape index (κ2) is 4.10. The van der Waals surface area contributed by atoms with Crippen molar-refractivity contribution in [3.05, 3.63) is 0 Å². The molecular weight excluding hydrogens is 154 g/mol. The van der Waals surface area contributed by atoms with Gasteiger partial charge in [-0.3, -0.25) is 4.79 Å². The van der Waals surface area contributed by atoms with Crippen LogP contribution in [-0.4, -0.2) is 12.1 Å². The summed E-state index contributed by atoms with van der Waals surface area (Å²) in [4.78, 5) is 11.2. The van der Waals surface area contributed by atoms with Gasteiger partial charge in [0, 0.05) is 0 Å². The van der Waals surface area contributed by atoms with Crippen molar-refractivity contribution < 1.29 is 9.53 Å². The van der Waals surface area contributed by atoms with E-state index in [1.807, 2.05) is 6.07 Å². The number of ether oxygens (including phenoxy) is 1. The summed E-state index contributed by atoms with van der Waals surface area (Å²) >= 11 is 0. The van der Waals surface area contributed by atoms with Crippen LogP contribution in [0.25, 0.3) is 0 Å². The minimum Gasteiger partial charge on any atom is -0.447 e. The molecule has 0 N–H and O–H groups in total. The fourth-order valence-corrected chi connectivity index (χ4v) is 1.46. The van der Waals surface area contributed by atoms with Gasteiger partial charge in [-0.05, 0) is 19.8 Å². The minimum absolute atomic E-state index is 0.0563. The summed E-state index contributed by atoms with van der Waals surface area (Å²) in [6, 6.07) is 1.88. The number of rotatable bonds is 2. The first-order valence-electron chi connectivity index (χ1n) is 4.34. The molecular formula is C9H13NO2. The zero-order valence-corrected chi connectivity index (χ0v) is 7.25. The second-order valence-electron chi connectivity index (χ2n) is 3.19. The molecule has 1 aliphatic carbocycles. The summed E-state index contributed by atoms with van der Waals surface area (Å²) in [5.41, 5.74) is 0. The van der Waals surface area contributed by atoms with Crippen LogP contribution >= 0.6 is 0 Å². The van der Waals surface area contributed by atoms with Crippen LogP contribution in [0.5, 0.6) is 0 Å². The zero-order valence-electron chi connectivity index (χ0n) is 7.25. The largest absolute Gasteiger partial charge is 0.447 e. The van der Waals surface area contributed by atoms with E-state index in [4.69, 9.17) is 10.00 Å². The Balaban J connectivity index is 2.33. The summed E-state index contributed by atoms with van der Waals surface area (Å²) < 4.78 is 4.88. The molecule has 1 aliphatic rings. The molecule has 0 radical (unpaired) electrons. The van der Waals surface area contributed by atoms with Gasteiger partial charge in [-0.25, -0.2) is 0 Å². The fraction of sp³-hybridized carbons (Fsp3) is 0.778. The third-order valence-electron chi connectivity index (χ3n) is 2.16. The lowest BCUT2D eigenvalue weighted by Gasteiger charge is -2.10. The zero-order chi connectivity index (χ0) is 8.97. The molecule has 1 rings (SSSR count). The first kappa shape index (κ1) is 9.05. The topological polar surface area (TPSA) is 50.1 Å². The van der Waals surface area contributed by atoms with E-state index < -0.39 is 6.10 Å². The van der Waals surface area contributed by atoms with Crippen molar-refractivity contribution in [3.63, 3.8) is 0 Å².